The summed E-state index contributed by atoms with van der Waals surface area (Å²) in [4.78, 5) is 41.4. The van der Waals surface area contributed by atoms with Crippen LogP contribution in [0.25, 0.3) is 0 Å². The number of alkyl halides is 3. The second kappa shape index (κ2) is 10.6. The maximum atomic E-state index is 13.8. The highest BCUT2D eigenvalue weighted by atomic mass is 35.5. The second-order valence-electron chi connectivity index (χ2n) is 11.5. The van der Waals surface area contributed by atoms with Gasteiger partial charge < -0.3 is 20.5 Å². The van der Waals surface area contributed by atoms with Crippen molar-refractivity contribution in [2.24, 2.45) is 16.6 Å². The highest BCUT2D eigenvalue weighted by Gasteiger charge is 2.64. The molecule has 0 radical (unpaired) electrons. The van der Waals surface area contributed by atoms with Gasteiger partial charge in [-0.2, -0.15) is 13.2 Å². The van der Waals surface area contributed by atoms with E-state index in [1.165, 1.54) is 17.0 Å². The van der Waals surface area contributed by atoms with Gasteiger partial charge in [0.25, 0.3) is 0 Å². The van der Waals surface area contributed by atoms with Gasteiger partial charge in [0.15, 0.2) is 0 Å². The van der Waals surface area contributed by atoms with E-state index in [9.17, 15) is 32.7 Å². The van der Waals surface area contributed by atoms with Gasteiger partial charge in [-0.05, 0) is 57.7 Å². The minimum absolute atomic E-state index is 0.0235. The number of carboxylic acid groups (broad SMARTS) is 1. The molecule has 1 unspecified atom stereocenters. The number of piperidine rings is 1. The fourth-order valence-corrected chi connectivity index (χ4v) is 6.36. The largest absolute Gasteiger partial charge is 0.465 e. The van der Waals surface area contributed by atoms with Crippen LogP contribution in [0.15, 0.2) is 18.2 Å². The normalized spacial score (nSPS) is 26.8. The summed E-state index contributed by atoms with van der Waals surface area (Å²) in [5, 5.41) is 9.86. The molecule has 0 aromatic heterocycles. The van der Waals surface area contributed by atoms with Crippen molar-refractivity contribution >= 4 is 29.6 Å². The summed E-state index contributed by atoms with van der Waals surface area (Å²) in [7, 11) is 0. The zero-order valence-electron chi connectivity index (χ0n) is 22.0. The number of amides is 2. The summed E-state index contributed by atoms with van der Waals surface area (Å²) >= 11 is 6.21. The number of primary amides is 1. The molecule has 0 spiro atoms. The van der Waals surface area contributed by atoms with Crippen molar-refractivity contribution in [3.63, 3.8) is 0 Å². The van der Waals surface area contributed by atoms with Crippen molar-refractivity contribution in [3.05, 3.63) is 34.3 Å². The molecule has 3 atom stereocenters. The van der Waals surface area contributed by atoms with E-state index < -0.39 is 58.6 Å². The maximum absolute atomic E-state index is 13.8. The van der Waals surface area contributed by atoms with Crippen LogP contribution in [0, 0.1) is 10.8 Å². The third kappa shape index (κ3) is 5.88. The Bertz CT molecular complexity index is 1090. The van der Waals surface area contributed by atoms with E-state index in [0.29, 0.717) is 19.3 Å². The fraction of sp³-hybridized carbons (Fsp3) is 0.654. The SMILES string of the molecule is CC(C)(C)OC(=O)C[C@@]1(C(N)=O)CN(Cc2c(Cl)cccc2C(F)(F)F)C[C@@]1(C)C1CCCCN1C(=O)O. The van der Waals surface area contributed by atoms with Crippen molar-refractivity contribution in [1.82, 2.24) is 9.80 Å². The summed E-state index contributed by atoms with van der Waals surface area (Å²) in [5.74, 6) is -1.53. The smallest absolute Gasteiger partial charge is 0.416 e. The molecule has 3 N–H and O–H groups in total. The Balaban J connectivity index is 2.11. The van der Waals surface area contributed by atoms with Gasteiger partial charge in [0.05, 0.1) is 17.4 Å². The van der Waals surface area contributed by atoms with Gasteiger partial charge in [-0.3, -0.25) is 14.5 Å². The van der Waals surface area contributed by atoms with Gasteiger partial charge in [0, 0.05) is 42.7 Å². The van der Waals surface area contributed by atoms with Crippen LogP contribution < -0.4 is 5.73 Å². The zero-order valence-corrected chi connectivity index (χ0v) is 22.8. The molecule has 12 heteroatoms. The highest BCUT2D eigenvalue weighted by molar-refractivity contribution is 6.31. The van der Waals surface area contributed by atoms with E-state index in [0.717, 1.165) is 6.07 Å². The van der Waals surface area contributed by atoms with Crippen LogP contribution in [0.1, 0.15) is 64.5 Å². The summed E-state index contributed by atoms with van der Waals surface area (Å²) in [5.41, 5.74) is 1.25. The lowest BCUT2D eigenvalue weighted by Gasteiger charge is -2.50. The summed E-state index contributed by atoms with van der Waals surface area (Å²) < 4.78 is 46.9. The number of benzene rings is 1. The number of rotatable bonds is 6. The topological polar surface area (TPSA) is 113 Å². The number of halogens is 4. The minimum atomic E-state index is -4.66. The van der Waals surface area contributed by atoms with E-state index in [1.54, 1.807) is 32.6 Å². The first-order valence-electron chi connectivity index (χ1n) is 12.5. The first-order chi connectivity index (χ1) is 17.4. The molecule has 1 aromatic rings. The first kappa shape index (κ1) is 30.0. The number of carbonyl (C=O) groups is 3. The van der Waals surface area contributed by atoms with Crippen molar-refractivity contribution in [2.45, 2.75) is 77.7 Å². The first-order valence-corrected chi connectivity index (χ1v) is 12.9. The monoisotopic (exact) mass is 561 g/mol. The molecular formula is C26H35ClF3N3O5. The minimum Gasteiger partial charge on any atom is -0.465 e. The number of hydrogen-bond acceptors (Lipinski definition) is 5. The Morgan fingerprint density at radius 1 is 1.18 bits per heavy atom. The molecule has 2 amide bonds. The quantitative estimate of drug-likeness (QED) is 0.477. The Labute approximate surface area is 225 Å². The predicted octanol–water partition coefficient (Wildman–Crippen LogP) is 4.92. The lowest BCUT2D eigenvalue weighted by atomic mass is 9.59. The Morgan fingerprint density at radius 3 is 2.39 bits per heavy atom. The molecular weight excluding hydrogens is 527 g/mol. The molecule has 0 bridgehead atoms. The van der Waals surface area contributed by atoms with Gasteiger partial charge >= 0.3 is 18.2 Å². The molecule has 3 rings (SSSR count). The number of esters is 1. The van der Waals surface area contributed by atoms with Crippen LogP contribution in [-0.4, -0.2) is 64.2 Å². The van der Waals surface area contributed by atoms with Crippen LogP contribution in [-0.2, 0) is 27.0 Å². The van der Waals surface area contributed by atoms with Gasteiger partial charge in [0.2, 0.25) is 5.91 Å². The summed E-state index contributed by atoms with van der Waals surface area (Å²) in [6.45, 7) is 6.54. The number of likely N-dealkylation sites (tertiary alicyclic amines) is 2. The number of nitrogens with zero attached hydrogens (tertiary/aromatic N) is 2. The molecule has 1 aromatic carbocycles. The average Bonchev–Trinajstić information content (AvgIpc) is 3.06. The molecule has 2 heterocycles. The molecule has 38 heavy (non-hydrogen) atoms. The lowest BCUT2D eigenvalue weighted by molar-refractivity contribution is -0.164. The van der Waals surface area contributed by atoms with E-state index in [4.69, 9.17) is 22.1 Å². The van der Waals surface area contributed by atoms with Crippen LogP contribution in [0.4, 0.5) is 18.0 Å². The maximum Gasteiger partial charge on any atom is 0.416 e. The molecule has 0 aliphatic carbocycles. The van der Waals surface area contributed by atoms with E-state index >= 15 is 0 Å². The van der Waals surface area contributed by atoms with Crippen LogP contribution >= 0.6 is 11.6 Å². The standard InChI is InChI=1S/C26H35ClF3N3O5/c1-23(2,3)38-20(34)12-25(21(31)35)15-32(13-16-17(26(28,29)30)8-7-9-18(16)27)14-24(25,4)19-10-5-6-11-33(19)22(36)37/h7-9,19H,5-6,10-15H2,1-4H3,(H2,31,35)(H,36,37)/t19?,24-,25-/m0/s1. The Hall–Kier alpha value is -2.53. The fourth-order valence-electron chi connectivity index (χ4n) is 6.13. The molecule has 212 valence electrons. The molecule has 2 aliphatic heterocycles. The molecule has 2 saturated heterocycles. The molecule has 2 aliphatic rings. The van der Waals surface area contributed by atoms with Crippen LogP contribution in [0.2, 0.25) is 5.02 Å². The third-order valence-electron chi connectivity index (χ3n) is 7.77. The number of nitrogens with two attached hydrogens (primary N) is 1. The van der Waals surface area contributed by atoms with Gasteiger partial charge in [0.1, 0.15) is 5.60 Å². The average molecular weight is 562 g/mol. The lowest BCUT2D eigenvalue weighted by Crippen LogP contribution is -2.61. The van der Waals surface area contributed by atoms with Gasteiger partial charge in [-0.15, -0.1) is 0 Å². The van der Waals surface area contributed by atoms with E-state index in [1.807, 2.05) is 0 Å². The van der Waals surface area contributed by atoms with Crippen molar-refractivity contribution in [3.8, 4) is 0 Å². The zero-order chi connectivity index (χ0) is 28.7. The Kier molecular flexibility index (Phi) is 8.34. The molecule has 0 saturated carbocycles. The predicted molar refractivity (Wildman–Crippen MR) is 134 cm³/mol. The number of carbonyl (C=O) groups excluding carboxylic acids is 2. The van der Waals surface area contributed by atoms with Crippen molar-refractivity contribution < 1.29 is 37.4 Å². The second-order valence-corrected chi connectivity index (χ2v) is 11.9. The third-order valence-corrected chi connectivity index (χ3v) is 8.12. The van der Waals surface area contributed by atoms with Crippen molar-refractivity contribution in [1.29, 1.82) is 0 Å². The van der Waals surface area contributed by atoms with Crippen LogP contribution in [0.3, 0.4) is 0 Å². The van der Waals surface area contributed by atoms with Gasteiger partial charge in [-0.1, -0.05) is 24.6 Å². The van der Waals surface area contributed by atoms with Crippen LogP contribution in [0.5, 0.6) is 0 Å². The Morgan fingerprint density at radius 2 is 1.84 bits per heavy atom. The number of ether oxygens (including phenoxy) is 1. The van der Waals surface area contributed by atoms with E-state index in [-0.39, 0.29) is 36.8 Å². The molecule has 2 fully saturated rings. The van der Waals surface area contributed by atoms with Gasteiger partial charge in [-0.25, -0.2) is 4.79 Å². The summed E-state index contributed by atoms with van der Waals surface area (Å²) in [6.07, 6.45) is -4.54. The summed E-state index contributed by atoms with van der Waals surface area (Å²) in [6, 6.07) is 2.82. The number of hydrogen-bond donors (Lipinski definition) is 2. The van der Waals surface area contributed by atoms with Crippen molar-refractivity contribution in [2.75, 3.05) is 19.6 Å². The van der Waals surface area contributed by atoms with E-state index in [2.05, 4.69) is 0 Å². The molecule has 8 nitrogen and oxygen atoms in total. The highest BCUT2D eigenvalue weighted by Crippen LogP contribution is 2.55.